The summed E-state index contributed by atoms with van der Waals surface area (Å²) >= 11 is 0. The number of aliphatic carboxylic acids is 1. The molecule has 2 atom stereocenters. The number of carbonyl (C=O) groups excluding carboxylic acids is 1. The molecule has 0 aromatic heterocycles. The predicted octanol–water partition coefficient (Wildman–Crippen LogP) is 2.59. The van der Waals surface area contributed by atoms with Crippen LogP contribution in [0.25, 0.3) is 0 Å². The fraction of sp³-hybridized carbons (Fsp3) is 0.833. The minimum absolute atomic E-state index is 0.00538. The minimum atomic E-state index is -0.866. The number of ketones is 1. The SMILES string of the molecule is CC(C)[C@H](C)C(=O)C[C@H](C(=O)O)C(C)C. The van der Waals surface area contributed by atoms with Crippen molar-refractivity contribution in [3.05, 3.63) is 0 Å². The van der Waals surface area contributed by atoms with Gasteiger partial charge in [0.15, 0.2) is 0 Å². The van der Waals surface area contributed by atoms with E-state index in [0.717, 1.165) is 0 Å². The maximum Gasteiger partial charge on any atom is 0.307 e. The van der Waals surface area contributed by atoms with Gasteiger partial charge < -0.3 is 5.11 Å². The fourth-order valence-corrected chi connectivity index (χ4v) is 1.38. The normalized spacial score (nSPS) is 15.4. The summed E-state index contributed by atoms with van der Waals surface area (Å²) in [6, 6.07) is 0. The minimum Gasteiger partial charge on any atom is -0.481 e. The van der Waals surface area contributed by atoms with Gasteiger partial charge in [-0.3, -0.25) is 9.59 Å². The van der Waals surface area contributed by atoms with Crippen LogP contribution in [0.1, 0.15) is 41.0 Å². The fourth-order valence-electron chi connectivity index (χ4n) is 1.38. The third-order valence-electron chi connectivity index (χ3n) is 3.05. The first-order chi connectivity index (χ1) is 6.77. The first-order valence-electron chi connectivity index (χ1n) is 5.52. The topological polar surface area (TPSA) is 54.4 Å². The molecule has 0 aliphatic rings. The molecule has 0 aliphatic heterocycles. The van der Waals surface area contributed by atoms with Crippen molar-refractivity contribution >= 4 is 11.8 Å². The average molecular weight is 214 g/mol. The Hall–Kier alpha value is -0.860. The smallest absolute Gasteiger partial charge is 0.307 e. The van der Waals surface area contributed by atoms with Gasteiger partial charge in [-0.25, -0.2) is 0 Å². The molecular weight excluding hydrogens is 192 g/mol. The highest BCUT2D eigenvalue weighted by atomic mass is 16.4. The maximum atomic E-state index is 11.7. The van der Waals surface area contributed by atoms with Crippen LogP contribution in [0.2, 0.25) is 0 Å². The van der Waals surface area contributed by atoms with Crippen molar-refractivity contribution in [2.45, 2.75) is 41.0 Å². The number of carbonyl (C=O) groups is 2. The van der Waals surface area contributed by atoms with E-state index >= 15 is 0 Å². The number of hydrogen-bond donors (Lipinski definition) is 1. The van der Waals surface area contributed by atoms with E-state index in [1.807, 2.05) is 34.6 Å². The van der Waals surface area contributed by atoms with Crippen molar-refractivity contribution in [2.24, 2.45) is 23.7 Å². The van der Waals surface area contributed by atoms with E-state index in [1.165, 1.54) is 0 Å². The number of rotatable bonds is 6. The molecule has 0 saturated carbocycles. The van der Waals surface area contributed by atoms with Crippen molar-refractivity contribution in [3.63, 3.8) is 0 Å². The Bertz CT molecular complexity index is 231. The van der Waals surface area contributed by atoms with Crippen LogP contribution in [-0.4, -0.2) is 16.9 Å². The molecule has 88 valence electrons. The van der Waals surface area contributed by atoms with Crippen molar-refractivity contribution in [1.29, 1.82) is 0 Å². The zero-order valence-corrected chi connectivity index (χ0v) is 10.3. The van der Waals surface area contributed by atoms with E-state index < -0.39 is 11.9 Å². The first-order valence-corrected chi connectivity index (χ1v) is 5.52. The Balaban J connectivity index is 4.43. The zero-order valence-electron chi connectivity index (χ0n) is 10.3. The van der Waals surface area contributed by atoms with Crippen molar-refractivity contribution in [3.8, 4) is 0 Å². The molecule has 0 bridgehead atoms. The highest BCUT2D eigenvalue weighted by molar-refractivity contribution is 5.85. The van der Waals surface area contributed by atoms with Gasteiger partial charge >= 0.3 is 5.97 Å². The summed E-state index contributed by atoms with van der Waals surface area (Å²) in [6.45, 7) is 9.51. The molecule has 0 spiro atoms. The summed E-state index contributed by atoms with van der Waals surface area (Å²) in [5.41, 5.74) is 0. The van der Waals surface area contributed by atoms with Crippen LogP contribution in [0.5, 0.6) is 0 Å². The van der Waals surface area contributed by atoms with E-state index in [1.54, 1.807) is 0 Å². The number of carboxylic acids is 1. The summed E-state index contributed by atoms with van der Waals surface area (Å²) in [4.78, 5) is 22.7. The predicted molar refractivity (Wildman–Crippen MR) is 59.6 cm³/mol. The maximum absolute atomic E-state index is 11.7. The molecule has 0 aliphatic carbocycles. The second kappa shape index (κ2) is 5.89. The molecule has 0 rings (SSSR count). The molecule has 3 heteroatoms. The van der Waals surface area contributed by atoms with Crippen LogP contribution in [0, 0.1) is 23.7 Å². The molecule has 0 heterocycles. The highest BCUT2D eigenvalue weighted by Crippen LogP contribution is 2.21. The summed E-state index contributed by atoms with van der Waals surface area (Å²) in [6.07, 6.45) is 0.159. The average Bonchev–Trinajstić information content (AvgIpc) is 2.11. The summed E-state index contributed by atoms with van der Waals surface area (Å²) in [7, 11) is 0. The van der Waals surface area contributed by atoms with Crippen LogP contribution in [-0.2, 0) is 9.59 Å². The van der Waals surface area contributed by atoms with Gasteiger partial charge in [-0.1, -0.05) is 34.6 Å². The molecular formula is C12H22O3. The lowest BCUT2D eigenvalue weighted by atomic mass is 9.84. The lowest BCUT2D eigenvalue weighted by Crippen LogP contribution is -2.27. The molecule has 0 fully saturated rings. The van der Waals surface area contributed by atoms with Gasteiger partial charge in [0.05, 0.1) is 5.92 Å². The van der Waals surface area contributed by atoms with Crippen LogP contribution in [0.15, 0.2) is 0 Å². The summed E-state index contributed by atoms with van der Waals surface area (Å²) < 4.78 is 0. The third kappa shape index (κ3) is 4.45. The molecule has 0 aromatic rings. The Morgan fingerprint density at radius 3 is 1.73 bits per heavy atom. The molecule has 15 heavy (non-hydrogen) atoms. The molecule has 0 aromatic carbocycles. The largest absolute Gasteiger partial charge is 0.481 e. The van der Waals surface area contributed by atoms with E-state index in [-0.39, 0.29) is 30.0 Å². The quantitative estimate of drug-likeness (QED) is 0.739. The lowest BCUT2D eigenvalue weighted by molar-refractivity contribution is -0.146. The Kier molecular flexibility index (Phi) is 5.55. The van der Waals surface area contributed by atoms with Gasteiger partial charge in [0.2, 0.25) is 0 Å². The molecule has 0 unspecified atom stereocenters. The van der Waals surface area contributed by atoms with Gasteiger partial charge in [0, 0.05) is 12.3 Å². The monoisotopic (exact) mass is 214 g/mol. The van der Waals surface area contributed by atoms with E-state index in [0.29, 0.717) is 0 Å². The summed E-state index contributed by atoms with van der Waals surface area (Å²) in [5, 5.41) is 8.96. The Morgan fingerprint density at radius 1 is 1.00 bits per heavy atom. The standard InChI is InChI=1S/C12H22O3/c1-7(2)9(5)11(13)6-10(8(3)4)12(14)15/h7-10H,6H2,1-5H3,(H,14,15)/t9-,10-/m0/s1. The zero-order chi connectivity index (χ0) is 12.2. The lowest BCUT2D eigenvalue weighted by Gasteiger charge is -2.19. The van der Waals surface area contributed by atoms with E-state index in [4.69, 9.17) is 5.11 Å². The first kappa shape index (κ1) is 14.1. The van der Waals surface area contributed by atoms with Crippen LogP contribution in [0.4, 0.5) is 0 Å². The van der Waals surface area contributed by atoms with Crippen LogP contribution >= 0.6 is 0 Å². The van der Waals surface area contributed by atoms with Crippen molar-refractivity contribution < 1.29 is 14.7 Å². The molecule has 0 saturated heterocycles. The molecule has 0 radical (unpaired) electrons. The Labute approximate surface area is 91.9 Å². The van der Waals surface area contributed by atoms with Crippen molar-refractivity contribution in [2.75, 3.05) is 0 Å². The van der Waals surface area contributed by atoms with E-state index in [2.05, 4.69) is 0 Å². The highest BCUT2D eigenvalue weighted by Gasteiger charge is 2.27. The van der Waals surface area contributed by atoms with Crippen LogP contribution in [0.3, 0.4) is 0 Å². The van der Waals surface area contributed by atoms with E-state index in [9.17, 15) is 9.59 Å². The van der Waals surface area contributed by atoms with Gasteiger partial charge in [-0.15, -0.1) is 0 Å². The second-order valence-electron chi connectivity index (χ2n) is 4.89. The molecule has 1 N–H and O–H groups in total. The second-order valence-corrected chi connectivity index (χ2v) is 4.89. The van der Waals surface area contributed by atoms with Gasteiger partial charge in [-0.2, -0.15) is 0 Å². The third-order valence-corrected chi connectivity index (χ3v) is 3.05. The number of Topliss-reactive ketones (excluding diaryl/α,β-unsaturated/α-hetero) is 1. The number of carboxylic acid groups (broad SMARTS) is 1. The van der Waals surface area contributed by atoms with Gasteiger partial charge in [-0.05, 0) is 11.8 Å². The van der Waals surface area contributed by atoms with Gasteiger partial charge in [0.25, 0.3) is 0 Å². The van der Waals surface area contributed by atoms with Crippen LogP contribution < -0.4 is 0 Å². The summed E-state index contributed by atoms with van der Waals surface area (Å²) in [5.74, 6) is -1.12. The van der Waals surface area contributed by atoms with Crippen molar-refractivity contribution in [1.82, 2.24) is 0 Å². The van der Waals surface area contributed by atoms with Gasteiger partial charge in [0.1, 0.15) is 5.78 Å². The number of hydrogen-bond acceptors (Lipinski definition) is 2. The molecule has 3 nitrogen and oxygen atoms in total. The molecule has 0 amide bonds. The Morgan fingerprint density at radius 2 is 1.47 bits per heavy atom.